The van der Waals surface area contributed by atoms with Gasteiger partial charge >= 0.3 is 0 Å². The molecular formula is C19H20N4O. The lowest BCUT2D eigenvalue weighted by molar-refractivity contribution is 0.410. The number of hydrogen-bond acceptors (Lipinski definition) is 4. The summed E-state index contributed by atoms with van der Waals surface area (Å²) in [4.78, 5) is 4.38. The van der Waals surface area contributed by atoms with Crippen LogP contribution in [0.5, 0.6) is 5.75 Å². The molecular weight excluding hydrogens is 300 g/mol. The Kier molecular flexibility index (Phi) is 3.69. The fraction of sp³-hybridized carbons (Fsp3) is 0.263. The molecule has 0 radical (unpaired) electrons. The zero-order valence-electron chi connectivity index (χ0n) is 13.8. The highest BCUT2D eigenvalue weighted by Crippen LogP contribution is 2.37. The van der Waals surface area contributed by atoms with Crippen molar-refractivity contribution in [3.05, 3.63) is 71.5 Å². The second kappa shape index (κ2) is 6.00. The Morgan fingerprint density at radius 3 is 2.75 bits per heavy atom. The third-order valence-corrected chi connectivity index (χ3v) is 4.59. The molecule has 2 heterocycles. The third kappa shape index (κ3) is 2.62. The molecule has 0 saturated heterocycles. The van der Waals surface area contributed by atoms with E-state index in [4.69, 9.17) is 4.74 Å². The summed E-state index contributed by atoms with van der Waals surface area (Å²) in [5, 5.41) is 7.91. The van der Waals surface area contributed by atoms with Gasteiger partial charge in [-0.3, -0.25) is 0 Å². The van der Waals surface area contributed by atoms with E-state index in [-0.39, 0.29) is 12.1 Å². The summed E-state index contributed by atoms with van der Waals surface area (Å²) in [7, 11) is 1.69. The summed E-state index contributed by atoms with van der Waals surface area (Å²) in [5.74, 6) is 1.67. The van der Waals surface area contributed by atoms with Crippen LogP contribution in [0.1, 0.15) is 35.2 Å². The second-order valence-corrected chi connectivity index (χ2v) is 6.16. The molecule has 0 fully saturated rings. The molecule has 0 unspecified atom stereocenters. The quantitative estimate of drug-likeness (QED) is 0.799. The lowest BCUT2D eigenvalue weighted by Crippen LogP contribution is -2.28. The molecule has 1 aromatic heterocycles. The molecule has 0 spiro atoms. The van der Waals surface area contributed by atoms with Gasteiger partial charge in [-0.25, -0.2) is 4.68 Å². The minimum atomic E-state index is 0.167. The van der Waals surface area contributed by atoms with Crippen LogP contribution in [0.3, 0.4) is 0 Å². The molecule has 2 atom stereocenters. The number of nitrogens with one attached hydrogen (secondary N) is 1. The summed E-state index contributed by atoms with van der Waals surface area (Å²) in [6.07, 6.45) is 2.52. The summed E-state index contributed by atoms with van der Waals surface area (Å²) < 4.78 is 7.34. The van der Waals surface area contributed by atoms with Crippen molar-refractivity contribution in [1.29, 1.82) is 0 Å². The van der Waals surface area contributed by atoms with Crippen LogP contribution in [0.15, 0.2) is 54.9 Å². The summed E-state index contributed by atoms with van der Waals surface area (Å²) in [5.41, 5.74) is 3.71. The highest BCUT2D eigenvalue weighted by molar-refractivity contribution is 5.40. The lowest BCUT2D eigenvalue weighted by atomic mass is 9.93. The second-order valence-electron chi connectivity index (χ2n) is 6.16. The van der Waals surface area contributed by atoms with E-state index in [1.165, 1.54) is 16.7 Å². The minimum absolute atomic E-state index is 0.167. The average Bonchev–Trinajstić information content (AvgIpc) is 3.10. The first-order valence-electron chi connectivity index (χ1n) is 8.11. The highest BCUT2D eigenvalue weighted by Gasteiger charge is 2.29. The van der Waals surface area contributed by atoms with Crippen molar-refractivity contribution >= 4 is 5.95 Å². The Morgan fingerprint density at radius 2 is 1.96 bits per heavy atom. The van der Waals surface area contributed by atoms with E-state index in [0.29, 0.717) is 0 Å². The van der Waals surface area contributed by atoms with Crippen LogP contribution in [-0.2, 0) is 0 Å². The predicted octanol–water partition coefficient (Wildman–Crippen LogP) is 3.74. The van der Waals surface area contributed by atoms with Crippen LogP contribution in [0.25, 0.3) is 0 Å². The Bertz CT molecular complexity index is 841. The Labute approximate surface area is 141 Å². The SMILES string of the molecule is COc1cccc([C@@H]2C[C@@H](c3ccc(C)cc3)n3ncnc3N2)c1. The zero-order chi connectivity index (χ0) is 16.5. The van der Waals surface area contributed by atoms with Crippen molar-refractivity contribution in [3.8, 4) is 5.75 Å². The van der Waals surface area contributed by atoms with Crippen molar-refractivity contribution in [2.24, 2.45) is 0 Å². The van der Waals surface area contributed by atoms with Gasteiger partial charge in [0.2, 0.25) is 5.95 Å². The van der Waals surface area contributed by atoms with Crippen molar-refractivity contribution in [2.45, 2.75) is 25.4 Å². The van der Waals surface area contributed by atoms with E-state index in [1.807, 2.05) is 16.8 Å². The number of nitrogens with zero attached hydrogens (tertiary/aromatic N) is 3. The minimum Gasteiger partial charge on any atom is -0.497 e. The van der Waals surface area contributed by atoms with E-state index >= 15 is 0 Å². The molecule has 0 amide bonds. The first kappa shape index (κ1) is 14.8. The molecule has 0 saturated carbocycles. The predicted molar refractivity (Wildman–Crippen MR) is 93.3 cm³/mol. The van der Waals surface area contributed by atoms with Gasteiger partial charge in [-0.1, -0.05) is 42.0 Å². The number of aromatic nitrogens is 3. The van der Waals surface area contributed by atoms with E-state index in [1.54, 1.807) is 13.4 Å². The van der Waals surface area contributed by atoms with Gasteiger partial charge in [-0.2, -0.15) is 10.1 Å². The Balaban J connectivity index is 1.71. The van der Waals surface area contributed by atoms with Crippen molar-refractivity contribution in [3.63, 3.8) is 0 Å². The maximum atomic E-state index is 5.36. The van der Waals surface area contributed by atoms with Gasteiger partial charge in [0.15, 0.2) is 0 Å². The van der Waals surface area contributed by atoms with Crippen molar-refractivity contribution in [1.82, 2.24) is 14.8 Å². The topological polar surface area (TPSA) is 52.0 Å². The average molecular weight is 320 g/mol. The zero-order valence-corrected chi connectivity index (χ0v) is 13.8. The largest absolute Gasteiger partial charge is 0.497 e. The highest BCUT2D eigenvalue weighted by atomic mass is 16.5. The molecule has 5 heteroatoms. The summed E-state index contributed by atoms with van der Waals surface area (Å²) in [6.45, 7) is 2.10. The molecule has 4 rings (SSSR count). The molecule has 1 N–H and O–H groups in total. The van der Waals surface area contributed by atoms with Crippen LogP contribution >= 0.6 is 0 Å². The molecule has 24 heavy (non-hydrogen) atoms. The molecule has 1 aliphatic heterocycles. The maximum Gasteiger partial charge on any atom is 0.222 e. The van der Waals surface area contributed by atoms with Crippen molar-refractivity contribution < 1.29 is 4.74 Å². The Hall–Kier alpha value is -2.82. The van der Waals surface area contributed by atoms with Crippen LogP contribution in [-0.4, -0.2) is 21.9 Å². The van der Waals surface area contributed by atoms with E-state index in [0.717, 1.165) is 18.1 Å². The van der Waals surface area contributed by atoms with Gasteiger partial charge in [0, 0.05) is 0 Å². The maximum absolute atomic E-state index is 5.36. The van der Waals surface area contributed by atoms with Crippen LogP contribution < -0.4 is 10.1 Å². The molecule has 122 valence electrons. The lowest BCUT2D eigenvalue weighted by Gasteiger charge is -2.32. The third-order valence-electron chi connectivity index (χ3n) is 4.59. The van der Waals surface area contributed by atoms with Gasteiger partial charge in [0.1, 0.15) is 12.1 Å². The smallest absolute Gasteiger partial charge is 0.222 e. The number of benzene rings is 2. The van der Waals surface area contributed by atoms with Crippen LogP contribution in [0.2, 0.25) is 0 Å². The number of aryl methyl sites for hydroxylation is 1. The first-order valence-corrected chi connectivity index (χ1v) is 8.11. The van der Waals surface area contributed by atoms with Gasteiger partial charge in [0.05, 0.1) is 19.2 Å². The monoisotopic (exact) mass is 320 g/mol. The number of methoxy groups -OCH3 is 1. The number of rotatable bonds is 3. The van der Waals surface area contributed by atoms with E-state index < -0.39 is 0 Å². The van der Waals surface area contributed by atoms with E-state index in [2.05, 4.69) is 58.7 Å². The van der Waals surface area contributed by atoms with Gasteiger partial charge in [0.25, 0.3) is 0 Å². The van der Waals surface area contributed by atoms with E-state index in [9.17, 15) is 0 Å². The van der Waals surface area contributed by atoms with Gasteiger partial charge in [-0.05, 0) is 36.6 Å². The summed E-state index contributed by atoms with van der Waals surface area (Å²) in [6, 6.07) is 17.2. The first-order chi connectivity index (χ1) is 11.7. The fourth-order valence-electron chi connectivity index (χ4n) is 3.26. The number of fused-ring (bicyclic) bond motifs is 1. The van der Waals surface area contributed by atoms with Crippen molar-refractivity contribution in [2.75, 3.05) is 12.4 Å². The molecule has 3 aromatic rings. The standard InChI is InChI=1S/C19H20N4O/c1-13-6-8-14(9-7-13)18-11-17(22-19-20-12-21-23(18)19)15-4-3-5-16(10-15)24-2/h3-10,12,17-18H,11H2,1-2H3,(H,20,21,22)/t17-,18-/m0/s1. The van der Waals surface area contributed by atoms with Gasteiger partial charge < -0.3 is 10.1 Å². The van der Waals surface area contributed by atoms with Crippen LogP contribution in [0.4, 0.5) is 5.95 Å². The molecule has 1 aliphatic rings. The molecule has 0 bridgehead atoms. The molecule has 0 aliphatic carbocycles. The van der Waals surface area contributed by atoms with Gasteiger partial charge in [-0.15, -0.1) is 0 Å². The fourth-order valence-corrected chi connectivity index (χ4v) is 3.26. The van der Waals surface area contributed by atoms with Crippen LogP contribution in [0, 0.1) is 6.92 Å². The molecule has 5 nitrogen and oxygen atoms in total. The Morgan fingerprint density at radius 1 is 1.12 bits per heavy atom. The summed E-state index contributed by atoms with van der Waals surface area (Å²) >= 11 is 0. The normalized spacial score (nSPS) is 19.4. The number of ether oxygens (including phenoxy) is 1. The number of hydrogen-bond donors (Lipinski definition) is 1. The molecule has 2 aromatic carbocycles. The number of anilines is 1.